The van der Waals surface area contributed by atoms with Gasteiger partial charge >= 0.3 is 0 Å². The fraction of sp³-hybridized carbons (Fsp3) is 0.500. The molecule has 1 aromatic rings. The number of nitrogens with one attached hydrogen (secondary N) is 1. The first-order valence-corrected chi connectivity index (χ1v) is 7.32. The van der Waals surface area contributed by atoms with E-state index in [4.69, 9.17) is 0 Å². The lowest BCUT2D eigenvalue weighted by atomic mass is 10.4. The van der Waals surface area contributed by atoms with Gasteiger partial charge in [-0.15, -0.1) is 0 Å². The van der Waals surface area contributed by atoms with Gasteiger partial charge in [-0.25, -0.2) is 18.4 Å². The van der Waals surface area contributed by atoms with Crippen molar-refractivity contribution in [2.75, 3.05) is 38.0 Å². The number of carbonyl (C=O) groups is 1. The monoisotopic (exact) mass is 272 g/mol. The van der Waals surface area contributed by atoms with Crippen molar-refractivity contribution in [1.29, 1.82) is 0 Å². The van der Waals surface area contributed by atoms with Crippen molar-refractivity contribution in [3.05, 3.63) is 18.1 Å². The summed E-state index contributed by atoms with van der Waals surface area (Å²) in [5.41, 5.74) is 0.185. The minimum absolute atomic E-state index is 0.0722. The fourth-order valence-corrected chi connectivity index (χ4v) is 1.77. The molecule has 0 aliphatic heterocycles. The Kier molecular flexibility index (Phi) is 4.60. The first-order valence-electron chi connectivity index (χ1n) is 5.26. The Balaban J connectivity index is 2.68. The van der Waals surface area contributed by atoms with Crippen LogP contribution in [0.15, 0.2) is 12.4 Å². The Morgan fingerprint density at radius 2 is 2.06 bits per heavy atom. The van der Waals surface area contributed by atoms with E-state index in [-0.39, 0.29) is 23.9 Å². The molecule has 0 bridgehead atoms. The zero-order chi connectivity index (χ0) is 13.8. The minimum atomic E-state index is -3.09. The molecule has 0 unspecified atom stereocenters. The fourth-order valence-electron chi connectivity index (χ4n) is 1.17. The van der Waals surface area contributed by atoms with Crippen LogP contribution in [0.2, 0.25) is 0 Å². The highest BCUT2D eigenvalue weighted by atomic mass is 32.2. The molecular formula is C10H16N4O3S. The zero-order valence-corrected chi connectivity index (χ0v) is 11.4. The quantitative estimate of drug-likeness (QED) is 0.786. The summed E-state index contributed by atoms with van der Waals surface area (Å²) in [5, 5.41) is 2.79. The number of nitrogens with zero attached hydrogens (tertiary/aromatic N) is 3. The number of hydrogen-bond acceptors (Lipinski definition) is 6. The van der Waals surface area contributed by atoms with Crippen LogP contribution < -0.4 is 5.32 Å². The maximum absolute atomic E-state index is 11.9. The molecule has 0 aromatic carbocycles. The molecule has 0 saturated carbocycles. The highest BCUT2D eigenvalue weighted by molar-refractivity contribution is 7.90. The zero-order valence-electron chi connectivity index (χ0n) is 10.5. The highest BCUT2D eigenvalue weighted by Gasteiger charge is 2.15. The second kappa shape index (κ2) is 5.76. The van der Waals surface area contributed by atoms with Crippen molar-refractivity contribution in [2.45, 2.75) is 0 Å². The SMILES string of the molecule is CNc1cnc(C(=O)N(C)CCS(C)(=O)=O)cn1. The summed E-state index contributed by atoms with van der Waals surface area (Å²) < 4.78 is 22.0. The van der Waals surface area contributed by atoms with Gasteiger partial charge in [0.25, 0.3) is 5.91 Å². The van der Waals surface area contributed by atoms with Crippen molar-refractivity contribution >= 4 is 21.6 Å². The van der Waals surface area contributed by atoms with Crippen LogP contribution in [0, 0.1) is 0 Å². The molecule has 0 aliphatic rings. The van der Waals surface area contributed by atoms with Gasteiger partial charge in [-0.3, -0.25) is 4.79 Å². The average Bonchev–Trinajstić information content (AvgIpc) is 2.34. The number of aromatic nitrogens is 2. The van der Waals surface area contributed by atoms with Crippen LogP contribution in [-0.4, -0.2) is 61.8 Å². The second-order valence-electron chi connectivity index (χ2n) is 3.89. The summed E-state index contributed by atoms with van der Waals surface area (Å²) in [7, 11) is 0.142. The van der Waals surface area contributed by atoms with Gasteiger partial charge < -0.3 is 10.2 Å². The second-order valence-corrected chi connectivity index (χ2v) is 6.15. The normalized spacial score (nSPS) is 11.1. The number of amides is 1. The molecule has 7 nitrogen and oxygen atoms in total. The van der Waals surface area contributed by atoms with Crippen molar-refractivity contribution in [1.82, 2.24) is 14.9 Å². The molecule has 1 heterocycles. The molecule has 0 saturated heterocycles. The Morgan fingerprint density at radius 3 is 2.50 bits per heavy atom. The van der Waals surface area contributed by atoms with E-state index in [1.165, 1.54) is 24.3 Å². The van der Waals surface area contributed by atoms with Crippen LogP contribution in [0.5, 0.6) is 0 Å². The third-order valence-corrected chi connectivity index (χ3v) is 3.20. The number of rotatable bonds is 5. The van der Waals surface area contributed by atoms with Gasteiger partial charge in [0.2, 0.25) is 0 Å². The van der Waals surface area contributed by atoms with Crippen LogP contribution in [0.3, 0.4) is 0 Å². The van der Waals surface area contributed by atoms with Crippen LogP contribution >= 0.6 is 0 Å². The molecule has 1 amide bonds. The van der Waals surface area contributed by atoms with E-state index in [2.05, 4.69) is 15.3 Å². The van der Waals surface area contributed by atoms with Gasteiger partial charge in [-0.05, 0) is 0 Å². The third kappa shape index (κ3) is 4.28. The maximum Gasteiger partial charge on any atom is 0.273 e. The molecule has 8 heteroatoms. The summed E-state index contributed by atoms with van der Waals surface area (Å²) in [6.07, 6.45) is 3.93. The van der Waals surface area contributed by atoms with E-state index in [0.717, 1.165) is 6.26 Å². The number of hydrogen-bond donors (Lipinski definition) is 1. The molecular weight excluding hydrogens is 256 g/mol. The number of carbonyl (C=O) groups excluding carboxylic acids is 1. The van der Waals surface area contributed by atoms with Gasteiger partial charge in [0.05, 0.1) is 18.1 Å². The van der Waals surface area contributed by atoms with Crippen molar-refractivity contribution in [2.24, 2.45) is 0 Å². The third-order valence-electron chi connectivity index (χ3n) is 2.27. The van der Waals surface area contributed by atoms with E-state index < -0.39 is 9.84 Å². The Bertz CT molecular complexity index is 512. The first kappa shape index (κ1) is 14.4. The van der Waals surface area contributed by atoms with Gasteiger partial charge in [-0.1, -0.05) is 0 Å². The van der Waals surface area contributed by atoms with Crippen LogP contribution in [-0.2, 0) is 9.84 Å². The van der Waals surface area contributed by atoms with Crippen molar-refractivity contribution in [3.63, 3.8) is 0 Å². The lowest BCUT2D eigenvalue weighted by molar-refractivity contribution is 0.0797. The highest BCUT2D eigenvalue weighted by Crippen LogP contribution is 2.02. The minimum Gasteiger partial charge on any atom is -0.372 e. The van der Waals surface area contributed by atoms with E-state index in [0.29, 0.717) is 5.82 Å². The van der Waals surface area contributed by atoms with Gasteiger partial charge in [0, 0.05) is 26.9 Å². The number of anilines is 1. The summed E-state index contributed by atoms with van der Waals surface area (Å²) in [4.78, 5) is 21.1. The lowest BCUT2D eigenvalue weighted by Gasteiger charge is -2.15. The smallest absolute Gasteiger partial charge is 0.273 e. The predicted octanol–water partition coefficient (Wildman–Crippen LogP) is -0.365. The lowest BCUT2D eigenvalue weighted by Crippen LogP contribution is -2.32. The summed E-state index contributed by atoms with van der Waals surface area (Å²) in [5.74, 6) is 0.135. The molecule has 1 rings (SSSR count). The van der Waals surface area contributed by atoms with E-state index in [1.807, 2.05) is 0 Å². The molecule has 1 N–H and O–H groups in total. The van der Waals surface area contributed by atoms with Crippen LogP contribution in [0.25, 0.3) is 0 Å². The molecule has 0 aliphatic carbocycles. The molecule has 18 heavy (non-hydrogen) atoms. The van der Waals surface area contributed by atoms with Gasteiger partial charge in [0.1, 0.15) is 21.3 Å². The molecule has 0 radical (unpaired) electrons. The number of sulfone groups is 1. The van der Waals surface area contributed by atoms with E-state index in [1.54, 1.807) is 7.05 Å². The van der Waals surface area contributed by atoms with Gasteiger partial charge in [0.15, 0.2) is 0 Å². The first-order chi connectivity index (χ1) is 8.33. The van der Waals surface area contributed by atoms with Crippen LogP contribution in [0.4, 0.5) is 5.82 Å². The molecule has 1 aromatic heterocycles. The Labute approximate surface area is 106 Å². The van der Waals surface area contributed by atoms with Crippen LogP contribution in [0.1, 0.15) is 10.5 Å². The summed E-state index contributed by atoms with van der Waals surface area (Å²) >= 11 is 0. The van der Waals surface area contributed by atoms with E-state index >= 15 is 0 Å². The molecule has 0 spiro atoms. The Hall–Kier alpha value is -1.70. The average molecular weight is 272 g/mol. The van der Waals surface area contributed by atoms with Gasteiger partial charge in [-0.2, -0.15) is 0 Å². The molecule has 0 atom stereocenters. The topological polar surface area (TPSA) is 92.3 Å². The largest absolute Gasteiger partial charge is 0.372 e. The summed E-state index contributed by atoms with van der Waals surface area (Å²) in [6, 6.07) is 0. The molecule has 0 fully saturated rings. The Morgan fingerprint density at radius 1 is 1.39 bits per heavy atom. The maximum atomic E-state index is 11.9. The predicted molar refractivity (Wildman–Crippen MR) is 68.3 cm³/mol. The summed E-state index contributed by atoms with van der Waals surface area (Å²) in [6.45, 7) is 0.132. The molecule has 100 valence electrons. The standard InChI is InChI=1S/C10H16N4O3S/c1-11-9-7-12-8(6-13-9)10(15)14(2)4-5-18(3,16)17/h6-7H,4-5H2,1-3H3,(H,11,13). The van der Waals surface area contributed by atoms with E-state index in [9.17, 15) is 13.2 Å². The van der Waals surface area contributed by atoms with Crippen molar-refractivity contribution < 1.29 is 13.2 Å². The van der Waals surface area contributed by atoms with Crippen molar-refractivity contribution in [3.8, 4) is 0 Å².